The number of hydrogen-bond donors (Lipinski definition) is 2. The van der Waals surface area contributed by atoms with E-state index in [-0.39, 0.29) is 17.7 Å². The highest BCUT2D eigenvalue weighted by atomic mass is 16.3. The molecule has 0 radical (unpaired) electrons. The topological polar surface area (TPSA) is 66.6 Å². The highest BCUT2D eigenvalue weighted by Gasteiger charge is 2.13. The standard InChI is InChI=1S/C13H20N2O2/c1-15(2)11(5-8-13(14)17)9-10-3-6-12(16)7-4-10/h3-4,6-7,11,16H,5,8-9H2,1-2H3,(H2,14,17)/t11-/m0/s1. The third-order valence-electron chi connectivity index (χ3n) is 2.86. The maximum absolute atomic E-state index is 10.8. The molecule has 1 aromatic carbocycles. The predicted octanol–water partition coefficient (Wildman–Crippen LogP) is 1.13. The molecule has 0 aromatic heterocycles. The number of phenols is 1. The summed E-state index contributed by atoms with van der Waals surface area (Å²) in [6.07, 6.45) is 2.00. The zero-order valence-electron chi connectivity index (χ0n) is 10.4. The van der Waals surface area contributed by atoms with E-state index in [4.69, 9.17) is 5.73 Å². The molecule has 0 spiro atoms. The first-order valence-corrected chi connectivity index (χ1v) is 5.71. The predicted molar refractivity (Wildman–Crippen MR) is 67.7 cm³/mol. The SMILES string of the molecule is CN(C)[C@@H](CCC(N)=O)Cc1ccc(O)cc1. The smallest absolute Gasteiger partial charge is 0.217 e. The van der Waals surface area contributed by atoms with Gasteiger partial charge in [0, 0.05) is 12.5 Å². The van der Waals surface area contributed by atoms with Gasteiger partial charge < -0.3 is 15.7 Å². The van der Waals surface area contributed by atoms with Crippen LogP contribution < -0.4 is 5.73 Å². The highest BCUT2D eigenvalue weighted by Crippen LogP contribution is 2.15. The van der Waals surface area contributed by atoms with Gasteiger partial charge in [-0.15, -0.1) is 0 Å². The van der Waals surface area contributed by atoms with Crippen LogP contribution in [-0.2, 0) is 11.2 Å². The van der Waals surface area contributed by atoms with Crippen LogP contribution >= 0.6 is 0 Å². The van der Waals surface area contributed by atoms with Gasteiger partial charge in [0.05, 0.1) is 0 Å². The molecule has 0 saturated carbocycles. The maximum Gasteiger partial charge on any atom is 0.217 e. The third-order valence-corrected chi connectivity index (χ3v) is 2.86. The summed E-state index contributed by atoms with van der Waals surface area (Å²) in [5.74, 6) is 0.00912. The molecule has 94 valence electrons. The number of phenolic OH excluding ortho intramolecular Hbond substituents is 1. The number of amides is 1. The number of nitrogens with two attached hydrogens (primary N) is 1. The van der Waals surface area contributed by atoms with Crippen molar-refractivity contribution < 1.29 is 9.90 Å². The van der Waals surface area contributed by atoms with Gasteiger partial charge in [-0.25, -0.2) is 0 Å². The van der Waals surface area contributed by atoms with E-state index in [2.05, 4.69) is 4.90 Å². The zero-order valence-corrected chi connectivity index (χ0v) is 10.4. The van der Waals surface area contributed by atoms with Crippen molar-refractivity contribution in [2.45, 2.75) is 25.3 Å². The van der Waals surface area contributed by atoms with Gasteiger partial charge in [-0.2, -0.15) is 0 Å². The fourth-order valence-electron chi connectivity index (χ4n) is 1.76. The third kappa shape index (κ3) is 4.87. The van der Waals surface area contributed by atoms with Crippen LogP contribution in [0.3, 0.4) is 0 Å². The second kappa shape index (κ2) is 6.25. The van der Waals surface area contributed by atoms with Crippen LogP contribution in [0.15, 0.2) is 24.3 Å². The Hall–Kier alpha value is -1.55. The van der Waals surface area contributed by atoms with E-state index in [1.165, 1.54) is 0 Å². The molecule has 0 saturated heterocycles. The summed E-state index contributed by atoms with van der Waals surface area (Å²) in [5, 5.41) is 9.20. The number of primary amides is 1. The van der Waals surface area contributed by atoms with Crippen LogP contribution in [0.2, 0.25) is 0 Å². The average molecular weight is 236 g/mol. The van der Waals surface area contributed by atoms with E-state index in [1.807, 2.05) is 26.2 Å². The molecule has 0 unspecified atom stereocenters. The lowest BCUT2D eigenvalue weighted by Crippen LogP contribution is -2.31. The Kier molecular flexibility index (Phi) is 4.97. The van der Waals surface area contributed by atoms with Crippen molar-refractivity contribution >= 4 is 5.91 Å². The molecular weight excluding hydrogens is 216 g/mol. The first kappa shape index (κ1) is 13.5. The quantitative estimate of drug-likeness (QED) is 0.778. The number of carbonyl (C=O) groups excluding carboxylic acids is 1. The molecule has 4 heteroatoms. The Morgan fingerprint density at radius 3 is 2.41 bits per heavy atom. The summed E-state index contributed by atoms with van der Waals surface area (Å²) in [6.45, 7) is 0. The summed E-state index contributed by atoms with van der Waals surface area (Å²) in [4.78, 5) is 12.9. The van der Waals surface area contributed by atoms with Gasteiger partial charge in [-0.05, 0) is 44.6 Å². The molecule has 0 bridgehead atoms. The summed E-state index contributed by atoms with van der Waals surface area (Å²) in [6, 6.07) is 7.44. The molecule has 1 aromatic rings. The number of nitrogens with zero attached hydrogens (tertiary/aromatic N) is 1. The molecule has 1 rings (SSSR count). The average Bonchev–Trinajstić information content (AvgIpc) is 2.26. The molecule has 0 aliphatic rings. The fourth-order valence-corrected chi connectivity index (χ4v) is 1.76. The first-order valence-electron chi connectivity index (χ1n) is 5.71. The van der Waals surface area contributed by atoms with Crippen LogP contribution in [0.4, 0.5) is 0 Å². The highest BCUT2D eigenvalue weighted by molar-refractivity contribution is 5.73. The Balaban J connectivity index is 2.60. The number of likely N-dealkylation sites (N-methyl/N-ethyl adjacent to an activating group) is 1. The van der Waals surface area contributed by atoms with E-state index in [1.54, 1.807) is 12.1 Å². The lowest BCUT2D eigenvalue weighted by atomic mass is 10.0. The van der Waals surface area contributed by atoms with Crippen molar-refractivity contribution in [2.75, 3.05) is 14.1 Å². The van der Waals surface area contributed by atoms with Crippen molar-refractivity contribution in [2.24, 2.45) is 5.73 Å². The number of hydrogen-bond acceptors (Lipinski definition) is 3. The van der Waals surface area contributed by atoms with Crippen LogP contribution in [0, 0.1) is 0 Å². The Bertz CT molecular complexity index is 360. The molecule has 1 atom stereocenters. The zero-order chi connectivity index (χ0) is 12.8. The number of rotatable bonds is 6. The van der Waals surface area contributed by atoms with Crippen molar-refractivity contribution in [1.29, 1.82) is 0 Å². The molecule has 0 heterocycles. The lowest BCUT2D eigenvalue weighted by molar-refractivity contribution is -0.118. The van der Waals surface area contributed by atoms with Gasteiger partial charge in [0.2, 0.25) is 5.91 Å². The summed E-state index contributed by atoms with van der Waals surface area (Å²) in [5.41, 5.74) is 6.31. The lowest BCUT2D eigenvalue weighted by Gasteiger charge is -2.24. The van der Waals surface area contributed by atoms with Crippen molar-refractivity contribution in [3.63, 3.8) is 0 Å². The van der Waals surface area contributed by atoms with Crippen molar-refractivity contribution in [3.8, 4) is 5.75 Å². The van der Waals surface area contributed by atoms with Crippen molar-refractivity contribution in [1.82, 2.24) is 4.90 Å². The fraction of sp³-hybridized carbons (Fsp3) is 0.462. The van der Waals surface area contributed by atoms with E-state index in [0.29, 0.717) is 6.42 Å². The Morgan fingerprint density at radius 1 is 1.35 bits per heavy atom. The second-order valence-corrected chi connectivity index (χ2v) is 4.49. The first-order chi connectivity index (χ1) is 7.99. The minimum absolute atomic E-state index is 0.262. The molecule has 3 N–H and O–H groups in total. The van der Waals surface area contributed by atoms with E-state index in [9.17, 15) is 9.90 Å². The van der Waals surface area contributed by atoms with Crippen LogP contribution in [0.1, 0.15) is 18.4 Å². The Morgan fingerprint density at radius 2 is 1.94 bits per heavy atom. The number of aromatic hydroxyl groups is 1. The number of carbonyl (C=O) groups is 1. The molecule has 0 aliphatic heterocycles. The molecular formula is C13H20N2O2. The minimum atomic E-state index is -0.262. The number of benzene rings is 1. The monoisotopic (exact) mass is 236 g/mol. The van der Waals surface area contributed by atoms with Gasteiger partial charge in [0.25, 0.3) is 0 Å². The van der Waals surface area contributed by atoms with Gasteiger partial charge >= 0.3 is 0 Å². The Labute approximate surface area is 102 Å². The van der Waals surface area contributed by atoms with Gasteiger partial charge in [-0.3, -0.25) is 4.79 Å². The summed E-state index contributed by atoms with van der Waals surface area (Å²) in [7, 11) is 3.98. The molecule has 0 fully saturated rings. The molecule has 1 amide bonds. The largest absolute Gasteiger partial charge is 0.508 e. The van der Waals surface area contributed by atoms with E-state index < -0.39 is 0 Å². The van der Waals surface area contributed by atoms with Crippen LogP contribution in [-0.4, -0.2) is 36.1 Å². The van der Waals surface area contributed by atoms with Crippen LogP contribution in [0.5, 0.6) is 5.75 Å². The van der Waals surface area contributed by atoms with E-state index in [0.717, 1.165) is 18.4 Å². The van der Waals surface area contributed by atoms with Gasteiger partial charge in [-0.1, -0.05) is 12.1 Å². The maximum atomic E-state index is 10.8. The molecule has 17 heavy (non-hydrogen) atoms. The normalized spacial score (nSPS) is 12.6. The van der Waals surface area contributed by atoms with E-state index >= 15 is 0 Å². The van der Waals surface area contributed by atoms with Gasteiger partial charge in [0.1, 0.15) is 5.75 Å². The summed E-state index contributed by atoms with van der Waals surface area (Å²) >= 11 is 0. The van der Waals surface area contributed by atoms with Crippen molar-refractivity contribution in [3.05, 3.63) is 29.8 Å². The molecule has 4 nitrogen and oxygen atoms in total. The second-order valence-electron chi connectivity index (χ2n) is 4.49. The summed E-state index contributed by atoms with van der Waals surface area (Å²) < 4.78 is 0. The van der Waals surface area contributed by atoms with Crippen LogP contribution in [0.25, 0.3) is 0 Å². The minimum Gasteiger partial charge on any atom is -0.508 e. The van der Waals surface area contributed by atoms with Gasteiger partial charge in [0.15, 0.2) is 0 Å². The molecule has 0 aliphatic carbocycles.